The van der Waals surface area contributed by atoms with Crippen molar-refractivity contribution >= 4 is 49.6 Å². The summed E-state index contributed by atoms with van der Waals surface area (Å²) in [7, 11) is 0. The molecule has 0 saturated carbocycles. The molecule has 0 atom stereocenters. The molecule has 0 aliphatic heterocycles. The molecule has 0 amide bonds. The van der Waals surface area contributed by atoms with E-state index in [0.717, 1.165) is 22.7 Å². The van der Waals surface area contributed by atoms with Crippen LogP contribution in [0.2, 0.25) is 0 Å². The van der Waals surface area contributed by atoms with Crippen LogP contribution in [0, 0.1) is 0 Å². The van der Waals surface area contributed by atoms with Crippen molar-refractivity contribution in [2.45, 2.75) is 0 Å². The SMILES string of the molecule is c1ccc(-c2ccc(N(c3ccc(-c4ccc(-n5c6ccccc6c6ccc7ccccc7c65)cc4)cc3)c3ccccc3-c3ccccc3)cc2)cc1. The predicted octanol–water partition coefficient (Wildman–Crippen LogP) is 14.4. The first kappa shape index (κ1) is 31.6. The lowest BCUT2D eigenvalue weighted by Gasteiger charge is -2.28. The Kier molecular flexibility index (Phi) is 7.85. The first-order valence-electron chi connectivity index (χ1n) is 18.5. The highest BCUT2D eigenvalue weighted by Gasteiger charge is 2.18. The van der Waals surface area contributed by atoms with E-state index in [9.17, 15) is 0 Å². The Balaban J connectivity index is 1.04. The van der Waals surface area contributed by atoms with Crippen LogP contribution in [0.3, 0.4) is 0 Å². The molecule has 54 heavy (non-hydrogen) atoms. The van der Waals surface area contributed by atoms with Crippen LogP contribution >= 0.6 is 0 Å². The summed E-state index contributed by atoms with van der Waals surface area (Å²) in [6.45, 7) is 0. The van der Waals surface area contributed by atoms with Crippen molar-refractivity contribution in [1.29, 1.82) is 0 Å². The third-order valence-electron chi connectivity index (χ3n) is 10.6. The summed E-state index contributed by atoms with van der Waals surface area (Å²) in [6, 6.07) is 78.7. The fraction of sp³-hybridized carbons (Fsp3) is 0. The topological polar surface area (TPSA) is 8.17 Å². The Labute approximate surface area is 315 Å². The molecule has 0 aliphatic carbocycles. The first-order valence-corrected chi connectivity index (χ1v) is 18.5. The van der Waals surface area contributed by atoms with Crippen molar-refractivity contribution < 1.29 is 0 Å². The number of fused-ring (bicyclic) bond motifs is 5. The number of nitrogens with zero attached hydrogens (tertiary/aromatic N) is 2. The fourth-order valence-corrected chi connectivity index (χ4v) is 8.00. The number of anilines is 3. The van der Waals surface area contributed by atoms with Gasteiger partial charge in [-0.25, -0.2) is 0 Å². The maximum absolute atomic E-state index is 2.42. The van der Waals surface area contributed by atoms with Crippen molar-refractivity contribution in [3.8, 4) is 39.1 Å². The highest BCUT2D eigenvalue weighted by Crippen LogP contribution is 2.42. The first-order chi connectivity index (χ1) is 26.8. The van der Waals surface area contributed by atoms with Gasteiger partial charge in [-0.1, -0.05) is 170 Å². The minimum atomic E-state index is 1.10. The molecule has 0 saturated heterocycles. The number of para-hydroxylation sites is 2. The summed E-state index contributed by atoms with van der Waals surface area (Å²) in [6.07, 6.45) is 0. The minimum Gasteiger partial charge on any atom is -0.310 e. The van der Waals surface area contributed by atoms with Gasteiger partial charge < -0.3 is 9.47 Å². The van der Waals surface area contributed by atoms with E-state index in [4.69, 9.17) is 0 Å². The third-order valence-corrected chi connectivity index (χ3v) is 10.6. The van der Waals surface area contributed by atoms with Gasteiger partial charge in [0.2, 0.25) is 0 Å². The molecule has 254 valence electrons. The van der Waals surface area contributed by atoms with Gasteiger partial charge in [0.1, 0.15) is 0 Å². The standard InChI is InChI=1S/C52H36N2/c1-3-13-37(14-4-1)38-23-30-43(31-24-38)53(50-21-11-9-18-46(50)41-15-5-2-6-16-41)44-32-25-39(26-33-44)40-27-34-45(35-28-40)54-51-22-12-10-20-48(51)49-36-29-42-17-7-8-19-47(42)52(49)54/h1-36H. The van der Waals surface area contributed by atoms with Gasteiger partial charge in [-0.15, -0.1) is 0 Å². The predicted molar refractivity (Wildman–Crippen MR) is 229 cm³/mol. The van der Waals surface area contributed by atoms with Gasteiger partial charge in [0.15, 0.2) is 0 Å². The van der Waals surface area contributed by atoms with Gasteiger partial charge >= 0.3 is 0 Å². The normalized spacial score (nSPS) is 11.3. The maximum atomic E-state index is 2.42. The summed E-state index contributed by atoms with van der Waals surface area (Å²) in [5.41, 5.74) is 14.1. The average molecular weight is 689 g/mol. The zero-order valence-corrected chi connectivity index (χ0v) is 29.7. The lowest BCUT2D eigenvalue weighted by molar-refractivity contribution is 1.19. The van der Waals surface area contributed by atoms with Crippen LogP contribution in [0.1, 0.15) is 0 Å². The van der Waals surface area contributed by atoms with E-state index in [-0.39, 0.29) is 0 Å². The second-order valence-electron chi connectivity index (χ2n) is 13.8. The van der Waals surface area contributed by atoms with E-state index < -0.39 is 0 Å². The van der Waals surface area contributed by atoms with Crippen LogP contribution < -0.4 is 4.90 Å². The van der Waals surface area contributed by atoms with Gasteiger partial charge in [0, 0.05) is 38.8 Å². The number of aromatic nitrogens is 1. The van der Waals surface area contributed by atoms with Crippen LogP contribution in [0.5, 0.6) is 0 Å². The molecular weight excluding hydrogens is 653 g/mol. The largest absolute Gasteiger partial charge is 0.310 e. The molecule has 0 N–H and O–H groups in total. The van der Waals surface area contributed by atoms with Crippen molar-refractivity contribution in [1.82, 2.24) is 4.57 Å². The van der Waals surface area contributed by atoms with Crippen molar-refractivity contribution in [2.24, 2.45) is 0 Å². The van der Waals surface area contributed by atoms with Crippen LogP contribution in [-0.2, 0) is 0 Å². The zero-order valence-electron chi connectivity index (χ0n) is 29.7. The van der Waals surface area contributed by atoms with Crippen LogP contribution in [0.15, 0.2) is 218 Å². The van der Waals surface area contributed by atoms with Gasteiger partial charge in [-0.05, 0) is 81.7 Å². The average Bonchev–Trinajstić information content (AvgIpc) is 3.60. The molecule has 1 heterocycles. The van der Waals surface area contributed by atoms with E-state index in [1.807, 2.05) is 0 Å². The quantitative estimate of drug-likeness (QED) is 0.162. The van der Waals surface area contributed by atoms with Crippen LogP contribution in [0.25, 0.3) is 71.6 Å². The number of benzene rings is 9. The highest BCUT2D eigenvalue weighted by molar-refractivity contribution is 6.18. The Bertz CT molecular complexity index is 2890. The van der Waals surface area contributed by atoms with E-state index in [0.29, 0.717) is 0 Å². The Hall–Kier alpha value is -7.16. The Morgan fingerprint density at radius 1 is 0.315 bits per heavy atom. The van der Waals surface area contributed by atoms with Gasteiger partial charge in [0.05, 0.1) is 16.7 Å². The molecule has 0 spiro atoms. The monoisotopic (exact) mass is 688 g/mol. The van der Waals surface area contributed by atoms with E-state index in [1.165, 1.54) is 66.0 Å². The van der Waals surface area contributed by atoms with E-state index in [1.54, 1.807) is 0 Å². The molecule has 9 aromatic carbocycles. The van der Waals surface area contributed by atoms with E-state index >= 15 is 0 Å². The van der Waals surface area contributed by atoms with Crippen LogP contribution in [-0.4, -0.2) is 4.57 Å². The number of hydrogen-bond acceptors (Lipinski definition) is 1. The molecule has 0 aliphatic rings. The summed E-state index contributed by atoms with van der Waals surface area (Å²) < 4.78 is 2.42. The summed E-state index contributed by atoms with van der Waals surface area (Å²) in [5.74, 6) is 0. The van der Waals surface area contributed by atoms with Gasteiger partial charge in [0.25, 0.3) is 0 Å². The molecule has 0 radical (unpaired) electrons. The van der Waals surface area contributed by atoms with Crippen molar-refractivity contribution in [3.05, 3.63) is 218 Å². The smallest absolute Gasteiger partial charge is 0.0619 e. The second-order valence-corrected chi connectivity index (χ2v) is 13.8. The van der Waals surface area contributed by atoms with Crippen molar-refractivity contribution in [2.75, 3.05) is 4.90 Å². The number of hydrogen-bond donors (Lipinski definition) is 0. The molecule has 1 aromatic heterocycles. The van der Waals surface area contributed by atoms with Crippen molar-refractivity contribution in [3.63, 3.8) is 0 Å². The molecule has 10 rings (SSSR count). The zero-order chi connectivity index (χ0) is 35.8. The summed E-state index contributed by atoms with van der Waals surface area (Å²) in [5, 5.41) is 5.06. The summed E-state index contributed by atoms with van der Waals surface area (Å²) >= 11 is 0. The highest BCUT2D eigenvalue weighted by atomic mass is 15.1. The second kappa shape index (κ2) is 13.4. The van der Waals surface area contributed by atoms with E-state index in [2.05, 4.69) is 228 Å². The van der Waals surface area contributed by atoms with Crippen LogP contribution in [0.4, 0.5) is 17.1 Å². The molecule has 2 heteroatoms. The van der Waals surface area contributed by atoms with Gasteiger partial charge in [-0.3, -0.25) is 0 Å². The fourth-order valence-electron chi connectivity index (χ4n) is 8.00. The maximum Gasteiger partial charge on any atom is 0.0619 e. The molecule has 2 nitrogen and oxygen atoms in total. The molecule has 0 bridgehead atoms. The molecule has 0 unspecified atom stereocenters. The molecule has 0 fully saturated rings. The Morgan fingerprint density at radius 3 is 1.48 bits per heavy atom. The lowest BCUT2D eigenvalue weighted by atomic mass is 10.0. The van der Waals surface area contributed by atoms with Gasteiger partial charge in [-0.2, -0.15) is 0 Å². The molecule has 10 aromatic rings. The minimum absolute atomic E-state index is 1.10. The Morgan fingerprint density at radius 2 is 0.815 bits per heavy atom. The number of rotatable bonds is 7. The summed E-state index contributed by atoms with van der Waals surface area (Å²) in [4.78, 5) is 2.37. The third kappa shape index (κ3) is 5.53. The lowest BCUT2D eigenvalue weighted by Crippen LogP contribution is -2.11. The molecular formula is C52H36N2.